The van der Waals surface area contributed by atoms with Gasteiger partial charge in [0.25, 0.3) is 11.4 Å². The first-order valence-electron chi connectivity index (χ1n) is 5.98. The van der Waals surface area contributed by atoms with E-state index >= 15 is 0 Å². The maximum atomic E-state index is 10.9. The molecule has 1 rings (SSSR count). The van der Waals surface area contributed by atoms with Crippen LogP contribution in [0.5, 0.6) is 0 Å². The molecule has 1 unspecified atom stereocenters. The lowest BCUT2D eigenvalue weighted by molar-refractivity contribution is -0.393. The fourth-order valence-corrected chi connectivity index (χ4v) is 1.60. The first-order valence-corrected chi connectivity index (χ1v) is 5.98. The third kappa shape index (κ3) is 5.50. The largest absolute Gasteiger partial charge is 0.480 e. The van der Waals surface area contributed by atoms with Crippen molar-refractivity contribution in [2.75, 3.05) is 11.9 Å². The Bertz CT molecular complexity index is 568. The summed E-state index contributed by atoms with van der Waals surface area (Å²) in [7, 11) is 0. The lowest BCUT2D eigenvalue weighted by atomic mass is 10.1. The average Bonchev–Trinajstić information content (AvgIpc) is 2.42. The van der Waals surface area contributed by atoms with Gasteiger partial charge in [0, 0.05) is 12.6 Å². The normalized spacial score (nSPS) is 11.1. The number of benzene rings is 1. The van der Waals surface area contributed by atoms with E-state index in [2.05, 4.69) is 5.32 Å². The number of nitro benzene ring substituents is 2. The first kappa shape index (κ1) is 19.5. The number of non-ortho nitro benzene ring substituents is 1. The maximum absolute atomic E-state index is 10.9. The van der Waals surface area contributed by atoms with Crippen molar-refractivity contribution in [2.24, 2.45) is 5.73 Å². The third-order valence-electron chi connectivity index (χ3n) is 2.71. The van der Waals surface area contributed by atoms with Crippen molar-refractivity contribution in [1.29, 1.82) is 0 Å². The van der Waals surface area contributed by atoms with E-state index < -0.39 is 27.5 Å². The number of nitro groups is 2. The van der Waals surface area contributed by atoms with E-state index in [1.54, 1.807) is 0 Å². The predicted molar refractivity (Wildman–Crippen MR) is 80.3 cm³/mol. The van der Waals surface area contributed by atoms with Gasteiger partial charge in [-0.05, 0) is 18.9 Å². The minimum absolute atomic E-state index is 0. The molecule has 0 radical (unpaired) electrons. The molecular weight excluding hydrogens is 320 g/mol. The van der Waals surface area contributed by atoms with E-state index in [1.807, 2.05) is 0 Å². The van der Waals surface area contributed by atoms with Crippen molar-refractivity contribution in [1.82, 2.24) is 0 Å². The van der Waals surface area contributed by atoms with Gasteiger partial charge in [0.2, 0.25) is 0 Å². The Kier molecular flexibility index (Phi) is 7.77. The van der Waals surface area contributed by atoms with Crippen molar-refractivity contribution >= 4 is 35.4 Å². The van der Waals surface area contributed by atoms with E-state index in [4.69, 9.17) is 10.8 Å². The second-order valence-corrected chi connectivity index (χ2v) is 4.23. The Morgan fingerprint density at radius 1 is 1.32 bits per heavy atom. The van der Waals surface area contributed by atoms with Crippen LogP contribution in [-0.4, -0.2) is 33.5 Å². The number of hydrogen-bond donors (Lipinski definition) is 3. The molecule has 0 heterocycles. The van der Waals surface area contributed by atoms with Gasteiger partial charge in [0.05, 0.1) is 15.9 Å². The summed E-state index contributed by atoms with van der Waals surface area (Å²) in [5, 5.41) is 32.8. The minimum atomic E-state index is -1.11. The van der Waals surface area contributed by atoms with Gasteiger partial charge in [-0.1, -0.05) is 0 Å². The highest BCUT2D eigenvalue weighted by Crippen LogP contribution is 2.28. The molecule has 0 saturated heterocycles. The maximum Gasteiger partial charge on any atom is 0.320 e. The van der Waals surface area contributed by atoms with E-state index in [9.17, 15) is 25.0 Å². The summed E-state index contributed by atoms with van der Waals surface area (Å²) in [4.78, 5) is 30.5. The quantitative estimate of drug-likeness (QED) is 0.366. The van der Waals surface area contributed by atoms with Crippen LogP contribution in [0.2, 0.25) is 0 Å². The van der Waals surface area contributed by atoms with Crippen LogP contribution in [-0.2, 0) is 4.79 Å². The summed E-state index contributed by atoms with van der Waals surface area (Å²) in [6.07, 6.45) is 0.602. The molecule has 0 aliphatic heterocycles. The number of nitrogens with one attached hydrogen (secondary N) is 1. The molecule has 10 nitrogen and oxygen atoms in total. The second-order valence-electron chi connectivity index (χ2n) is 4.23. The number of nitrogens with zero attached hydrogens (tertiary/aromatic N) is 2. The number of hydrogen-bond acceptors (Lipinski definition) is 7. The molecule has 1 atom stereocenters. The first-order chi connectivity index (χ1) is 9.82. The molecule has 11 heteroatoms. The van der Waals surface area contributed by atoms with Crippen molar-refractivity contribution in [3.05, 3.63) is 38.4 Å². The van der Waals surface area contributed by atoms with Gasteiger partial charge in [-0.3, -0.25) is 25.0 Å². The molecular formula is C11H15ClN4O6. The minimum Gasteiger partial charge on any atom is -0.480 e. The molecule has 4 N–H and O–H groups in total. The summed E-state index contributed by atoms with van der Waals surface area (Å²) in [5.41, 5.74) is 4.67. The van der Waals surface area contributed by atoms with Crippen LogP contribution < -0.4 is 11.1 Å². The zero-order chi connectivity index (χ0) is 16.0. The van der Waals surface area contributed by atoms with Gasteiger partial charge in [0.15, 0.2) is 0 Å². The van der Waals surface area contributed by atoms with E-state index in [-0.39, 0.29) is 36.7 Å². The predicted octanol–water partition coefficient (Wildman–Crippen LogP) is 1.53. The smallest absolute Gasteiger partial charge is 0.320 e. The van der Waals surface area contributed by atoms with Gasteiger partial charge in [-0.25, -0.2) is 0 Å². The number of anilines is 1. The van der Waals surface area contributed by atoms with Crippen molar-refractivity contribution in [3.8, 4) is 0 Å². The highest BCUT2D eigenvalue weighted by Gasteiger charge is 2.19. The zero-order valence-electron chi connectivity index (χ0n) is 11.3. The van der Waals surface area contributed by atoms with Crippen molar-refractivity contribution in [2.45, 2.75) is 18.9 Å². The van der Waals surface area contributed by atoms with E-state index in [0.29, 0.717) is 6.42 Å². The number of nitrogens with two attached hydrogens (primary N) is 1. The number of rotatable bonds is 8. The van der Waals surface area contributed by atoms with Crippen molar-refractivity contribution in [3.63, 3.8) is 0 Å². The van der Waals surface area contributed by atoms with Gasteiger partial charge in [0.1, 0.15) is 11.7 Å². The highest BCUT2D eigenvalue weighted by atomic mass is 35.5. The molecule has 1 aromatic carbocycles. The molecule has 0 bridgehead atoms. The Morgan fingerprint density at radius 3 is 2.45 bits per heavy atom. The van der Waals surface area contributed by atoms with Gasteiger partial charge < -0.3 is 16.2 Å². The van der Waals surface area contributed by atoms with Crippen LogP contribution in [0.3, 0.4) is 0 Å². The van der Waals surface area contributed by atoms with E-state index in [0.717, 1.165) is 12.1 Å². The molecule has 0 saturated carbocycles. The fourth-order valence-electron chi connectivity index (χ4n) is 1.60. The number of carbonyl (C=O) groups is 1. The van der Waals surface area contributed by atoms with Gasteiger partial charge in [-0.2, -0.15) is 0 Å². The van der Waals surface area contributed by atoms with Crippen LogP contribution in [0.15, 0.2) is 18.2 Å². The molecule has 0 spiro atoms. The van der Waals surface area contributed by atoms with Gasteiger partial charge in [-0.15, -0.1) is 12.4 Å². The summed E-state index contributed by atoms with van der Waals surface area (Å²) in [6.45, 7) is 0.264. The number of carboxylic acid groups (broad SMARTS) is 1. The van der Waals surface area contributed by atoms with Crippen LogP contribution in [0.4, 0.5) is 17.1 Å². The van der Waals surface area contributed by atoms with Crippen LogP contribution in [0.25, 0.3) is 0 Å². The zero-order valence-corrected chi connectivity index (χ0v) is 12.1. The molecule has 0 aliphatic rings. The Morgan fingerprint density at radius 2 is 1.95 bits per heavy atom. The number of halogens is 1. The fraction of sp³-hybridized carbons (Fsp3) is 0.364. The topological polar surface area (TPSA) is 162 Å². The molecule has 0 amide bonds. The second kappa shape index (κ2) is 8.74. The lowest BCUT2D eigenvalue weighted by Crippen LogP contribution is -2.30. The third-order valence-corrected chi connectivity index (χ3v) is 2.71. The lowest BCUT2D eigenvalue weighted by Gasteiger charge is -2.08. The van der Waals surface area contributed by atoms with Gasteiger partial charge >= 0.3 is 5.97 Å². The molecule has 1 aromatic rings. The molecule has 0 aliphatic carbocycles. The molecule has 0 aromatic heterocycles. The Labute approximate surface area is 131 Å². The molecule has 0 fully saturated rings. The molecule has 22 heavy (non-hydrogen) atoms. The van der Waals surface area contributed by atoms with E-state index in [1.165, 1.54) is 6.07 Å². The Balaban J connectivity index is 0.00000441. The van der Waals surface area contributed by atoms with Crippen LogP contribution in [0, 0.1) is 20.2 Å². The van der Waals surface area contributed by atoms with Crippen LogP contribution in [0.1, 0.15) is 12.8 Å². The van der Waals surface area contributed by atoms with Crippen LogP contribution >= 0.6 is 12.4 Å². The summed E-state index contributed by atoms with van der Waals surface area (Å²) >= 11 is 0. The average molecular weight is 335 g/mol. The SMILES string of the molecule is Cl.NC(CCCNc1ccc([N+](=O)[O-])cc1[N+](=O)[O-])C(=O)O. The van der Waals surface area contributed by atoms with Crippen molar-refractivity contribution < 1.29 is 19.7 Å². The summed E-state index contributed by atoms with van der Waals surface area (Å²) in [6, 6.07) is 2.27. The number of aliphatic carboxylic acids is 1. The highest BCUT2D eigenvalue weighted by molar-refractivity contribution is 5.85. The standard InChI is InChI=1S/C11H14N4O6.ClH/c12-8(11(16)17)2-1-5-13-9-4-3-7(14(18)19)6-10(9)15(20)21;/h3-4,6,8,13H,1-2,5,12H2,(H,16,17);1H. The summed E-state index contributed by atoms with van der Waals surface area (Å²) < 4.78 is 0. The summed E-state index contributed by atoms with van der Waals surface area (Å²) in [5.74, 6) is -1.11. The Hall–Kier alpha value is -2.46. The molecule has 122 valence electrons. The monoisotopic (exact) mass is 334 g/mol. The number of carboxylic acids is 1.